The number of ether oxygens (including phenoxy) is 2. The summed E-state index contributed by atoms with van der Waals surface area (Å²) in [6.45, 7) is 2.89. The van der Waals surface area contributed by atoms with Crippen molar-refractivity contribution in [2.24, 2.45) is 0 Å². The summed E-state index contributed by atoms with van der Waals surface area (Å²) in [4.78, 5) is 11.9. The van der Waals surface area contributed by atoms with Gasteiger partial charge in [0.05, 0.1) is 6.61 Å². The van der Waals surface area contributed by atoms with E-state index in [9.17, 15) is 4.79 Å². The highest BCUT2D eigenvalue weighted by Crippen LogP contribution is 2.74. The molecule has 26 heavy (non-hydrogen) atoms. The number of esters is 1. The van der Waals surface area contributed by atoms with E-state index < -0.39 is 4.67 Å². The SMILES string of the molecule is CCCCCCCCCCCC(=O)OCC(COP1(=S)SCCS1)OC. The molecule has 0 aromatic rings. The fraction of sp³-hybridized carbons (Fsp3) is 0.944. The lowest BCUT2D eigenvalue weighted by Gasteiger charge is -2.19. The minimum absolute atomic E-state index is 0.137. The minimum Gasteiger partial charge on any atom is -0.463 e. The Morgan fingerprint density at radius 2 is 1.58 bits per heavy atom. The molecule has 1 rings (SSSR count). The third kappa shape index (κ3) is 12.2. The van der Waals surface area contributed by atoms with Crippen LogP contribution in [0.25, 0.3) is 0 Å². The van der Waals surface area contributed by atoms with Crippen molar-refractivity contribution in [1.82, 2.24) is 0 Å². The van der Waals surface area contributed by atoms with Crippen LogP contribution in [0, 0.1) is 0 Å². The van der Waals surface area contributed by atoms with Crippen molar-refractivity contribution < 1.29 is 18.8 Å². The molecule has 0 radical (unpaired) electrons. The highest BCUT2D eigenvalue weighted by atomic mass is 33.2. The molecule has 1 aliphatic heterocycles. The first-order valence-corrected chi connectivity index (χ1v) is 15.7. The van der Waals surface area contributed by atoms with E-state index in [4.69, 9.17) is 25.8 Å². The molecule has 8 heteroatoms. The molecule has 0 aliphatic carbocycles. The van der Waals surface area contributed by atoms with Crippen LogP contribution < -0.4 is 0 Å². The molecule has 0 aromatic carbocycles. The first-order valence-electron chi connectivity index (χ1n) is 9.81. The van der Waals surface area contributed by atoms with Crippen LogP contribution in [0.3, 0.4) is 0 Å². The van der Waals surface area contributed by atoms with Crippen molar-refractivity contribution in [3.05, 3.63) is 0 Å². The van der Waals surface area contributed by atoms with Crippen LogP contribution in [0.4, 0.5) is 0 Å². The molecule has 0 bridgehead atoms. The van der Waals surface area contributed by atoms with Gasteiger partial charge in [-0.1, -0.05) is 81.1 Å². The second-order valence-electron chi connectivity index (χ2n) is 6.53. The Hall–Kier alpha value is 0.740. The van der Waals surface area contributed by atoms with Gasteiger partial charge in [-0.3, -0.25) is 4.79 Å². The number of carbonyl (C=O) groups is 1. The first kappa shape index (κ1) is 24.8. The number of carbonyl (C=O) groups excluding carboxylic acids is 1. The molecule has 0 spiro atoms. The van der Waals surface area contributed by atoms with E-state index in [1.54, 1.807) is 29.9 Å². The molecule has 4 nitrogen and oxygen atoms in total. The second-order valence-corrected chi connectivity index (χ2v) is 17.3. The van der Waals surface area contributed by atoms with Gasteiger partial charge in [-0.2, -0.15) is 0 Å². The molecule has 1 saturated heterocycles. The third-order valence-corrected chi connectivity index (χ3v) is 14.1. The Kier molecular flexibility index (Phi) is 14.9. The lowest BCUT2D eigenvalue weighted by atomic mass is 10.1. The summed E-state index contributed by atoms with van der Waals surface area (Å²) in [5.74, 6) is 1.99. The molecule has 154 valence electrons. The summed E-state index contributed by atoms with van der Waals surface area (Å²) >= 11 is 9.04. The van der Waals surface area contributed by atoms with Crippen LogP contribution in [0.15, 0.2) is 0 Å². The summed E-state index contributed by atoms with van der Waals surface area (Å²) in [6, 6.07) is 0. The average molecular weight is 443 g/mol. The van der Waals surface area contributed by atoms with Crippen LogP contribution in [-0.4, -0.2) is 43.9 Å². The van der Waals surface area contributed by atoms with Crippen LogP contribution in [0.1, 0.15) is 71.1 Å². The van der Waals surface area contributed by atoms with Crippen molar-refractivity contribution in [3.8, 4) is 0 Å². The van der Waals surface area contributed by atoms with Crippen molar-refractivity contribution >= 4 is 45.2 Å². The largest absolute Gasteiger partial charge is 0.463 e. The van der Waals surface area contributed by atoms with Crippen LogP contribution >= 0.6 is 27.4 Å². The Balaban J connectivity index is 1.99. The maximum Gasteiger partial charge on any atom is 0.305 e. The fourth-order valence-electron chi connectivity index (χ4n) is 2.61. The van der Waals surface area contributed by atoms with E-state index in [1.807, 2.05) is 0 Å². The number of hydrogen-bond donors (Lipinski definition) is 0. The molecule has 0 saturated carbocycles. The number of hydrogen-bond acceptors (Lipinski definition) is 7. The average Bonchev–Trinajstić information content (AvgIpc) is 3.07. The van der Waals surface area contributed by atoms with E-state index in [-0.39, 0.29) is 18.7 Å². The Bertz CT molecular complexity index is 413. The monoisotopic (exact) mass is 442 g/mol. The molecule has 0 N–H and O–H groups in total. The van der Waals surface area contributed by atoms with Crippen molar-refractivity contribution in [2.75, 3.05) is 31.8 Å². The molecular formula is C18H35O4PS3. The number of unbranched alkanes of at least 4 members (excludes halogenated alkanes) is 8. The summed E-state index contributed by atoms with van der Waals surface area (Å²) in [7, 11) is 1.62. The molecule has 0 amide bonds. The van der Waals surface area contributed by atoms with Crippen LogP contribution in [0.2, 0.25) is 0 Å². The fourth-order valence-corrected chi connectivity index (χ4v) is 11.5. The summed E-state index contributed by atoms with van der Waals surface area (Å²) in [5.41, 5.74) is 0. The normalized spacial score (nSPS) is 17.3. The van der Waals surface area contributed by atoms with Gasteiger partial charge in [-0.15, -0.1) is 0 Å². The highest BCUT2D eigenvalue weighted by Gasteiger charge is 2.26. The van der Waals surface area contributed by atoms with E-state index in [0.717, 1.165) is 24.3 Å². The number of methoxy groups -OCH3 is 1. The Morgan fingerprint density at radius 3 is 2.15 bits per heavy atom. The van der Waals surface area contributed by atoms with Crippen molar-refractivity contribution in [3.63, 3.8) is 0 Å². The lowest BCUT2D eigenvalue weighted by molar-refractivity contribution is -0.148. The minimum atomic E-state index is -1.78. The van der Waals surface area contributed by atoms with Crippen LogP contribution in [-0.2, 0) is 30.6 Å². The third-order valence-electron chi connectivity index (χ3n) is 4.25. The van der Waals surface area contributed by atoms with Gasteiger partial charge in [0.25, 0.3) is 0 Å². The van der Waals surface area contributed by atoms with E-state index >= 15 is 0 Å². The van der Waals surface area contributed by atoms with Gasteiger partial charge in [0.1, 0.15) is 12.7 Å². The smallest absolute Gasteiger partial charge is 0.305 e. The van der Waals surface area contributed by atoms with Gasteiger partial charge < -0.3 is 14.0 Å². The Labute approximate surface area is 172 Å². The van der Waals surface area contributed by atoms with Gasteiger partial charge in [0.2, 0.25) is 0 Å². The molecule has 1 fully saturated rings. The predicted molar refractivity (Wildman–Crippen MR) is 119 cm³/mol. The lowest BCUT2D eigenvalue weighted by Crippen LogP contribution is -2.25. The maximum absolute atomic E-state index is 11.9. The molecule has 1 aliphatic rings. The molecule has 1 unspecified atom stereocenters. The second kappa shape index (κ2) is 15.6. The van der Waals surface area contributed by atoms with Crippen LogP contribution in [0.5, 0.6) is 0 Å². The molecular weight excluding hydrogens is 407 g/mol. The summed E-state index contributed by atoms with van der Waals surface area (Å²) in [5, 5.41) is 0. The zero-order valence-corrected chi connectivity index (χ0v) is 19.6. The summed E-state index contributed by atoms with van der Waals surface area (Å²) < 4.78 is 14.8. The van der Waals surface area contributed by atoms with Gasteiger partial charge in [-0.25, -0.2) is 0 Å². The van der Waals surface area contributed by atoms with Crippen molar-refractivity contribution in [1.29, 1.82) is 0 Å². The van der Waals surface area contributed by atoms with E-state index in [0.29, 0.717) is 13.0 Å². The zero-order chi connectivity index (χ0) is 19.1. The van der Waals surface area contributed by atoms with E-state index in [1.165, 1.54) is 44.9 Å². The maximum atomic E-state index is 11.9. The van der Waals surface area contributed by atoms with Crippen molar-refractivity contribution in [2.45, 2.75) is 77.2 Å². The number of rotatable bonds is 16. The van der Waals surface area contributed by atoms with Gasteiger partial charge in [0, 0.05) is 25.0 Å². The molecule has 0 aromatic heterocycles. The molecule has 1 heterocycles. The van der Waals surface area contributed by atoms with Gasteiger partial charge in [0.15, 0.2) is 4.67 Å². The van der Waals surface area contributed by atoms with Gasteiger partial charge >= 0.3 is 5.97 Å². The van der Waals surface area contributed by atoms with E-state index in [2.05, 4.69) is 6.92 Å². The quantitative estimate of drug-likeness (QED) is 0.160. The predicted octanol–water partition coefficient (Wildman–Crippen LogP) is 6.19. The topological polar surface area (TPSA) is 44.8 Å². The Morgan fingerprint density at radius 1 is 1.00 bits per heavy atom. The zero-order valence-electron chi connectivity index (χ0n) is 16.3. The standard InChI is InChI=1S/C18H35O4PS3/c1-3-4-5-6-7-8-9-10-11-12-18(19)21-15-17(20-2)16-22-23(24)25-13-14-26-23/h17H,3-16H2,1-2H3. The highest BCUT2D eigenvalue weighted by molar-refractivity contribution is 9.00. The molecule has 1 atom stereocenters. The first-order chi connectivity index (χ1) is 12.6. The van der Waals surface area contributed by atoms with Gasteiger partial charge in [-0.05, 0) is 18.2 Å². The summed E-state index contributed by atoms with van der Waals surface area (Å²) in [6.07, 6.45) is 11.5.